The smallest absolute Gasteiger partial charge is 0.495 e. The molecule has 0 unspecified atom stereocenters. The van der Waals surface area contributed by atoms with E-state index in [2.05, 4.69) is 14.7 Å². The number of hydrogen-bond acceptors (Lipinski definition) is 4. The highest BCUT2D eigenvalue weighted by molar-refractivity contribution is 5.50. The fourth-order valence-electron chi connectivity index (χ4n) is 3.86. The van der Waals surface area contributed by atoms with E-state index in [1.165, 1.54) is 19.2 Å². The third-order valence-electron chi connectivity index (χ3n) is 5.40. The van der Waals surface area contributed by atoms with Crippen LogP contribution in [0.25, 0.3) is 5.69 Å². The van der Waals surface area contributed by atoms with Crippen LogP contribution in [0.5, 0.6) is 11.5 Å². The van der Waals surface area contributed by atoms with Gasteiger partial charge < -0.3 is 14.0 Å². The number of aryl methyl sites for hydroxylation is 1. The highest BCUT2D eigenvalue weighted by Gasteiger charge is 2.32. The Morgan fingerprint density at radius 2 is 1.54 bits per heavy atom. The van der Waals surface area contributed by atoms with Gasteiger partial charge in [-0.25, -0.2) is 4.98 Å². The average Bonchev–Trinajstić information content (AvgIpc) is 3.23. The molecule has 0 bridgehead atoms. The molecule has 4 rings (SSSR count). The monoisotopic (exact) mass is 521 g/mol. The van der Waals surface area contributed by atoms with Gasteiger partial charge in [0, 0.05) is 30.4 Å². The molecule has 194 valence electrons. The molecular weight excluding hydrogens is 500 g/mol. The SMILES string of the molecule is COc1cc(Cc2cc(C(F)(F)F)cc(Cc3cccc(OC(F)(F)F)c3)n2)ccc1-n1cnc(C)c1. The molecule has 0 aliphatic carbocycles. The molecule has 4 aromatic rings. The number of imidazole rings is 1. The van der Waals surface area contributed by atoms with E-state index in [-0.39, 0.29) is 24.2 Å². The van der Waals surface area contributed by atoms with Crippen molar-refractivity contribution in [1.29, 1.82) is 0 Å². The van der Waals surface area contributed by atoms with E-state index in [4.69, 9.17) is 4.74 Å². The van der Waals surface area contributed by atoms with Crippen molar-refractivity contribution < 1.29 is 35.8 Å². The summed E-state index contributed by atoms with van der Waals surface area (Å²) in [4.78, 5) is 8.55. The summed E-state index contributed by atoms with van der Waals surface area (Å²) in [6.45, 7) is 1.84. The van der Waals surface area contributed by atoms with E-state index in [9.17, 15) is 26.3 Å². The maximum Gasteiger partial charge on any atom is 0.573 e. The van der Waals surface area contributed by atoms with Crippen LogP contribution in [0.2, 0.25) is 0 Å². The standard InChI is InChI=1S/C26H21F6N3O2/c1-16-14-35(15-33-16)23-7-6-18(11-24(23)36-2)9-21-13-19(25(27,28)29)12-20(34-21)8-17-4-3-5-22(10-17)37-26(30,31)32/h3-7,10-15H,8-9H2,1-2H3. The summed E-state index contributed by atoms with van der Waals surface area (Å²) >= 11 is 0. The highest BCUT2D eigenvalue weighted by Crippen LogP contribution is 2.32. The molecule has 11 heteroatoms. The second kappa shape index (κ2) is 10.2. The van der Waals surface area contributed by atoms with Crippen LogP contribution >= 0.6 is 0 Å². The van der Waals surface area contributed by atoms with Crippen LogP contribution in [0.15, 0.2) is 67.1 Å². The van der Waals surface area contributed by atoms with Gasteiger partial charge in [0.15, 0.2) is 0 Å². The van der Waals surface area contributed by atoms with Crippen molar-refractivity contribution in [2.75, 3.05) is 7.11 Å². The molecule has 0 saturated heterocycles. The van der Waals surface area contributed by atoms with Gasteiger partial charge in [-0.05, 0) is 54.4 Å². The summed E-state index contributed by atoms with van der Waals surface area (Å²) in [7, 11) is 1.49. The molecule has 0 N–H and O–H groups in total. The summed E-state index contributed by atoms with van der Waals surface area (Å²) in [5, 5.41) is 0. The van der Waals surface area contributed by atoms with Crippen molar-refractivity contribution in [3.05, 3.63) is 101 Å². The van der Waals surface area contributed by atoms with Gasteiger partial charge in [0.1, 0.15) is 11.5 Å². The fourth-order valence-corrected chi connectivity index (χ4v) is 3.86. The van der Waals surface area contributed by atoms with E-state index >= 15 is 0 Å². The average molecular weight is 521 g/mol. The Morgan fingerprint density at radius 1 is 0.865 bits per heavy atom. The number of halogens is 6. The molecule has 0 amide bonds. The lowest BCUT2D eigenvalue weighted by Gasteiger charge is -2.14. The maximum absolute atomic E-state index is 13.6. The maximum atomic E-state index is 13.6. The number of alkyl halides is 6. The number of rotatable bonds is 7. The first-order valence-corrected chi connectivity index (χ1v) is 11.0. The molecule has 0 atom stereocenters. The Bertz CT molecular complexity index is 1400. The van der Waals surface area contributed by atoms with Gasteiger partial charge in [-0.15, -0.1) is 13.2 Å². The van der Waals surface area contributed by atoms with Crippen molar-refractivity contribution in [3.63, 3.8) is 0 Å². The number of benzene rings is 2. The molecular formula is C26H21F6N3O2. The first-order valence-electron chi connectivity index (χ1n) is 11.0. The molecule has 0 saturated carbocycles. The van der Waals surface area contributed by atoms with Gasteiger partial charge >= 0.3 is 12.5 Å². The lowest BCUT2D eigenvalue weighted by atomic mass is 10.0. The third kappa shape index (κ3) is 6.81. The largest absolute Gasteiger partial charge is 0.573 e. The Morgan fingerprint density at radius 3 is 2.11 bits per heavy atom. The molecule has 0 aliphatic heterocycles. The Kier molecular flexibility index (Phi) is 7.15. The van der Waals surface area contributed by atoms with Crippen LogP contribution in [0, 0.1) is 6.92 Å². The Labute approximate surface area is 208 Å². The number of ether oxygens (including phenoxy) is 2. The number of nitrogens with zero attached hydrogens (tertiary/aromatic N) is 3. The molecule has 0 aliphatic rings. The third-order valence-corrected chi connectivity index (χ3v) is 5.40. The highest BCUT2D eigenvalue weighted by atomic mass is 19.4. The van der Waals surface area contributed by atoms with Gasteiger partial charge in [0.25, 0.3) is 0 Å². The molecule has 2 heterocycles. The van der Waals surface area contributed by atoms with Crippen LogP contribution in [-0.4, -0.2) is 28.0 Å². The van der Waals surface area contributed by atoms with Crippen molar-refractivity contribution in [1.82, 2.24) is 14.5 Å². The quantitative estimate of drug-likeness (QED) is 0.255. The minimum absolute atomic E-state index is 0.0615. The second-order valence-corrected chi connectivity index (χ2v) is 8.31. The number of methoxy groups -OCH3 is 1. The predicted octanol–water partition coefficient (Wildman–Crippen LogP) is 6.68. The minimum atomic E-state index is -4.88. The Balaban J connectivity index is 1.64. The first-order chi connectivity index (χ1) is 17.4. The molecule has 0 radical (unpaired) electrons. The normalized spacial score (nSPS) is 12.0. The van der Waals surface area contributed by atoms with Crippen LogP contribution in [0.1, 0.15) is 33.8 Å². The Hall–Kier alpha value is -4.02. The summed E-state index contributed by atoms with van der Waals surface area (Å²) in [6.07, 6.45) is -6.11. The molecule has 37 heavy (non-hydrogen) atoms. The summed E-state index contributed by atoms with van der Waals surface area (Å²) < 4.78 is 89.7. The van der Waals surface area contributed by atoms with Crippen molar-refractivity contribution in [2.45, 2.75) is 32.3 Å². The van der Waals surface area contributed by atoms with Gasteiger partial charge in [0.2, 0.25) is 0 Å². The van der Waals surface area contributed by atoms with E-state index < -0.39 is 23.9 Å². The molecule has 2 aromatic heterocycles. The van der Waals surface area contributed by atoms with Crippen molar-refractivity contribution >= 4 is 0 Å². The minimum Gasteiger partial charge on any atom is -0.495 e. The van der Waals surface area contributed by atoms with E-state index in [0.717, 1.165) is 30.0 Å². The number of aromatic nitrogens is 3. The number of hydrogen-bond donors (Lipinski definition) is 0. The van der Waals surface area contributed by atoms with E-state index in [1.54, 1.807) is 29.1 Å². The number of pyridine rings is 1. The summed E-state index contributed by atoms with van der Waals surface area (Å²) in [6, 6.07) is 12.2. The molecule has 5 nitrogen and oxygen atoms in total. The first kappa shape index (κ1) is 26.1. The lowest BCUT2D eigenvalue weighted by Crippen LogP contribution is -2.17. The molecule has 0 fully saturated rings. The van der Waals surface area contributed by atoms with Gasteiger partial charge in [0.05, 0.1) is 30.4 Å². The van der Waals surface area contributed by atoms with E-state index in [1.807, 2.05) is 13.1 Å². The summed E-state index contributed by atoms with van der Waals surface area (Å²) in [5.74, 6) is 0.0426. The zero-order valence-corrected chi connectivity index (χ0v) is 19.7. The van der Waals surface area contributed by atoms with Gasteiger partial charge in [-0.3, -0.25) is 4.98 Å². The van der Waals surface area contributed by atoms with Crippen molar-refractivity contribution in [3.8, 4) is 17.2 Å². The lowest BCUT2D eigenvalue weighted by molar-refractivity contribution is -0.274. The predicted molar refractivity (Wildman–Crippen MR) is 123 cm³/mol. The zero-order chi connectivity index (χ0) is 26.8. The molecule has 0 spiro atoms. The van der Waals surface area contributed by atoms with E-state index in [0.29, 0.717) is 22.6 Å². The van der Waals surface area contributed by atoms with Crippen molar-refractivity contribution in [2.24, 2.45) is 0 Å². The topological polar surface area (TPSA) is 49.2 Å². The van der Waals surface area contributed by atoms with Crippen LogP contribution in [0.3, 0.4) is 0 Å². The van der Waals surface area contributed by atoms with Crippen LogP contribution < -0.4 is 9.47 Å². The van der Waals surface area contributed by atoms with Crippen LogP contribution in [0.4, 0.5) is 26.3 Å². The zero-order valence-electron chi connectivity index (χ0n) is 19.7. The van der Waals surface area contributed by atoms with Gasteiger partial charge in [-0.1, -0.05) is 18.2 Å². The second-order valence-electron chi connectivity index (χ2n) is 8.31. The van der Waals surface area contributed by atoms with Gasteiger partial charge in [-0.2, -0.15) is 13.2 Å². The molecule has 2 aromatic carbocycles. The van der Waals surface area contributed by atoms with Crippen LogP contribution in [-0.2, 0) is 19.0 Å². The summed E-state index contributed by atoms with van der Waals surface area (Å²) in [5.41, 5.74) is 1.82. The fraction of sp³-hybridized carbons (Fsp3) is 0.231.